The average Bonchev–Trinajstić information content (AvgIpc) is 3.59. The summed E-state index contributed by atoms with van der Waals surface area (Å²) in [5.41, 5.74) is 0.336. The van der Waals surface area contributed by atoms with Crippen molar-refractivity contribution in [3.8, 4) is 5.88 Å². The molecule has 3 fully saturated rings. The largest absolute Gasteiger partial charge is 0.481 e. The maximum atomic E-state index is 12.8. The van der Waals surface area contributed by atoms with Crippen molar-refractivity contribution in [3.05, 3.63) is 23.9 Å². The third kappa shape index (κ3) is 4.38. The minimum absolute atomic E-state index is 0.00528. The summed E-state index contributed by atoms with van der Waals surface area (Å²) in [7, 11) is 1.56. The summed E-state index contributed by atoms with van der Waals surface area (Å²) < 4.78 is 11.3. The molecule has 1 atom stereocenters. The minimum Gasteiger partial charge on any atom is -0.481 e. The van der Waals surface area contributed by atoms with Crippen LogP contribution in [0.25, 0.3) is 0 Å². The molecule has 164 valence electrons. The highest BCUT2D eigenvalue weighted by molar-refractivity contribution is 5.94. The van der Waals surface area contributed by atoms with Gasteiger partial charge in [-0.2, -0.15) is 0 Å². The Morgan fingerprint density at radius 2 is 2.03 bits per heavy atom. The van der Waals surface area contributed by atoms with Gasteiger partial charge in [0, 0.05) is 50.6 Å². The quantitative estimate of drug-likeness (QED) is 0.797. The molecule has 1 N–H and O–H groups in total. The zero-order valence-corrected chi connectivity index (χ0v) is 17.9. The highest BCUT2D eigenvalue weighted by atomic mass is 16.5. The zero-order valence-electron chi connectivity index (χ0n) is 17.9. The topological polar surface area (TPSA) is 84.0 Å². The van der Waals surface area contributed by atoms with Gasteiger partial charge >= 0.3 is 6.03 Å². The molecule has 1 aromatic heterocycles. The number of hydrogen-bond donors (Lipinski definition) is 1. The zero-order chi connectivity index (χ0) is 21.1. The van der Waals surface area contributed by atoms with Crippen LogP contribution in [-0.4, -0.2) is 77.8 Å². The second kappa shape index (κ2) is 8.79. The van der Waals surface area contributed by atoms with Gasteiger partial charge in [0.1, 0.15) is 0 Å². The molecule has 1 saturated carbocycles. The van der Waals surface area contributed by atoms with Crippen LogP contribution in [0.2, 0.25) is 0 Å². The molecule has 30 heavy (non-hydrogen) atoms. The van der Waals surface area contributed by atoms with Gasteiger partial charge in [0.2, 0.25) is 5.88 Å². The number of amides is 3. The Hall–Kier alpha value is -2.35. The average molecular weight is 417 g/mol. The number of urea groups is 1. The van der Waals surface area contributed by atoms with Gasteiger partial charge in [-0.3, -0.25) is 4.79 Å². The van der Waals surface area contributed by atoms with Crippen molar-refractivity contribution >= 4 is 11.9 Å². The number of rotatable bonds is 5. The molecule has 0 radical (unpaired) electrons. The first-order chi connectivity index (χ1) is 14.5. The lowest BCUT2D eigenvalue weighted by Gasteiger charge is -2.48. The van der Waals surface area contributed by atoms with Crippen LogP contribution in [0.15, 0.2) is 18.3 Å². The molecule has 1 aliphatic carbocycles. The molecule has 1 unspecified atom stereocenters. The van der Waals surface area contributed by atoms with E-state index in [4.69, 9.17) is 9.47 Å². The van der Waals surface area contributed by atoms with Crippen molar-refractivity contribution < 1.29 is 19.1 Å². The highest BCUT2D eigenvalue weighted by Gasteiger charge is 2.46. The van der Waals surface area contributed by atoms with E-state index in [0.717, 1.165) is 38.5 Å². The van der Waals surface area contributed by atoms with Crippen LogP contribution in [0.4, 0.5) is 4.79 Å². The van der Waals surface area contributed by atoms with Crippen molar-refractivity contribution in [1.29, 1.82) is 0 Å². The Morgan fingerprint density at radius 1 is 1.27 bits per heavy atom. The van der Waals surface area contributed by atoms with Crippen LogP contribution in [0.5, 0.6) is 5.88 Å². The predicted molar refractivity (Wildman–Crippen MR) is 112 cm³/mol. The fraction of sp³-hybridized carbons (Fsp3) is 0.682. The maximum absolute atomic E-state index is 12.8. The first-order valence-corrected chi connectivity index (χ1v) is 11.0. The van der Waals surface area contributed by atoms with Crippen LogP contribution >= 0.6 is 0 Å². The Bertz CT molecular complexity index is 757. The minimum atomic E-state index is -0.239. The first kappa shape index (κ1) is 20.9. The van der Waals surface area contributed by atoms with E-state index in [0.29, 0.717) is 43.7 Å². The summed E-state index contributed by atoms with van der Waals surface area (Å²) in [5.74, 6) is 0.493. The third-order valence-corrected chi connectivity index (χ3v) is 6.52. The molecule has 2 aliphatic heterocycles. The molecule has 1 aromatic rings. The Morgan fingerprint density at radius 3 is 2.63 bits per heavy atom. The van der Waals surface area contributed by atoms with Crippen LogP contribution in [0.3, 0.4) is 0 Å². The van der Waals surface area contributed by atoms with Gasteiger partial charge in [-0.25, -0.2) is 9.78 Å². The number of aromatic nitrogens is 1. The summed E-state index contributed by atoms with van der Waals surface area (Å²) in [6, 6.07) is 4.11. The van der Waals surface area contributed by atoms with Crippen LogP contribution in [0, 0.1) is 0 Å². The van der Waals surface area contributed by atoms with E-state index in [2.05, 4.69) is 15.2 Å². The van der Waals surface area contributed by atoms with Crippen LogP contribution in [0.1, 0.15) is 55.8 Å². The van der Waals surface area contributed by atoms with Gasteiger partial charge in [0.05, 0.1) is 18.3 Å². The lowest BCUT2D eigenvalue weighted by atomic mass is 9.81. The Kier molecular flexibility index (Phi) is 6.13. The van der Waals surface area contributed by atoms with Gasteiger partial charge in [0.15, 0.2) is 0 Å². The molecule has 3 aliphatic rings. The molecule has 1 spiro atoms. The molecular formula is C22H32N4O4. The van der Waals surface area contributed by atoms with Crippen LogP contribution in [-0.2, 0) is 4.74 Å². The van der Waals surface area contributed by atoms with Crippen LogP contribution < -0.4 is 10.1 Å². The fourth-order valence-corrected chi connectivity index (χ4v) is 4.74. The number of likely N-dealkylation sites (tertiary alicyclic amines) is 1. The fourth-order valence-electron chi connectivity index (χ4n) is 4.74. The van der Waals surface area contributed by atoms with Gasteiger partial charge in [-0.15, -0.1) is 0 Å². The number of piperidine rings is 1. The molecule has 3 heterocycles. The standard InChI is InChI=1S/C22H32N4O4/c1-3-23-21(28)26(17-5-6-17)18-8-13-30-22(14-18)9-11-25(12-10-22)20(27)16-4-7-19(29-2)24-15-16/h4,7,15,17-18H,3,5-6,8-14H2,1-2H3,(H,23,28). The first-order valence-electron chi connectivity index (χ1n) is 11.0. The maximum Gasteiger partial charge on any atom is 0.317 e. The molecule has 8 heteroatoms. The lowest BCUT2D eigenvalue weighted by molar-refractivity contribution is -0.126. The van der Waals surface area contributed by atoms with Crippen molar-refractivity contribution in [2.75, 3.05) is 33.4 Å². The number of carbonyl (C=O) groups is 2. The summed E-state index contributed by atoms with van der Waals surface area (Å²) in [5, 5.41) is 2.98. The smallest absolute Gasteiger partial charge is 0.317 e. The number of carbonyl (C=O) groups excluding carboxylic acids is 2. The molecule has 0 aromatic carbocycles. The molecule has 3 amide bonds. The number of pyridine rings is 1. The molecule has 2 saturated heterocycles. The monoisotopic (exact) mass is 416 g/mol. The van der Waals surface area contributed by atoms with E-state index in [1.807, 2.05) is 11.8 Å². The van der Waals surface area contributed by atoms with E-state index in [1.54, 1.807) is 25.4 Å². The van der Waals surface area contributed by atoms with E-state index < -0.39 is 0 Å². The molecule has 8 nitrogen and oxygen atoms in total. The lowest BCUT2D eigenvalue weighted by Crippen LogP contribution is -2.57. The number of methoxy groups -OCH3 is 1. The highest BCUT2D eigenvalue weighted by Crippen LogP contribution is 2.40. The molecular weight excluding hydrogens is 384 g/mol. The summed E-state index contributed by atoms with van der Waals surface area (Å²) in [6.07, 6.45) is 7.10. The number of nitrogens with zero attached hydrogens (tertiary/aromatic N) is 3. The van der Waals surface area contributed by atoms with E-state index >= 15 is 0 Å². The third-order valence-electron chi connectivity index (χ3n) is 6.52. The van der Waals surface area contributed by atoms with Gasteiger partial charge < -0.3 is 24.6 Å². The Labute approximate surface area is 177 Å². The number of nitrogens with one attached hydrogen (secondary N) is 1. The molecule has 0 bridgehead atoms. The SMILES string of the molecule is CCNC(=O)N(C1CC1)C1CCOC2(CCN(C(=O)c3ccc(OC)nc3)CC2)C1. The van der Waals surface area contributed by atoms with Crippen molar-refractivity contribution in [3.63, 3.8) is 0 Å². The summed E-state index contributed by atoms with van der Waals surface area (Å²) >= 11 is 0. The van der Waals surface area contributed by atoms with Crippen molar-refractivity contribution in [2.45, 2.75) is 63.1 Å². The van der Waals surface area contributed by atoms with E-state index in [-0.39, 0.29) is 23.6 Å². The van der Waals surface area contributed by atoms with E-state index in [1.165, 1.54) is 0 Å². The normalized spacial score (nSPS) is 23.1. The summed E-state index contributed by atoms with van der Waals surface area (Å²) in [6.45, 7) is 4.58. The second-order valence-electron chi connectivity index (χ2n) is 8.53. The van der Waals surface area contributed by atoms with Crippen molar-refractivity contribution in [2.24, 2.45) is 0 Å². The van der Waals surface area contributed by atoms with Gasteiger partial charge in [0.25, 0.3) is 5.91 Å². The number of hydrogen-bond acceptors (Lipinski definition) is 5. The van der Waals surface area contributed by atoms with Crippen molar-refractivity contribution in [1.82, 2.24) is 20.1 Å². The molecule has 4 rings (SSSR count). The van der Waals surface area contributed by atoms with Gasteiger partial charge in [-0.05, 0) is 51.5 Å². The number of ether oxygens (including phenoxy) is 2. The van der Waals surface area contributed by atoms with E-state index in [9.17, 15) is 9.59 Å². The Balaban J connectivity index is 1.38. The van der Waals surface area contributed by atoms with Gasteiger partial charge in [-0.1, -0.05) is 0 Å². The summed E-state index contributed by atoms with van der Waals surface area (Å²) in [4.78, 5) is 33.6. The second-order valence-corrected chi connectivity index (χ2v) is 8.53. The predicted octanol–water partition coefficient (Wildman–Crippen LogP) is 2.44.